The van der Waals surface area contributed by atoms with Crippen LogP contribution in [0.2, 0.25) is 0 Å². The normalized spacial score (nSPS) is 15.1. The van der Waals surface area contributed by atoms with Gasteiger partial charge in [0.2, 0.25) is 0 Å². The Hall–Kier alpha value is -3.75. The van der Waals surface area contributed by atoms with E-state index < -0.39 is 12.0 Å². The number of fused-ring (bicyclic) bond motifs is 1. The third-order valence-corrected chi connectivity index (χ3v) is 7.73. The highest BCUT2D eigenvalue weighted by Gasteiger charge is 2.33. The first kappa shape index (κ1) is 25.9. The van der Waals surface area contributed by atoms with E-state index in [9.17, 15) is 9.59 Å². The van der Waals surface area contributed by atoms with E-state index in [4.69, 9.17) is 9.47 Å². The standard InChI is InChI=1S/C30H25BrN2O4S/c1-3-36-29(35)26-19(2)32-30-33(27(26)22-12-8-5-9-13-22)28(34)25(38-30)17-21-14-15-24(23(31)16-21)37-18-20-10-6-4-7-11-20/h4-17,27H,3,18H2,1-2H3. The maximum atomic E-state index is 13.7. The molecule has 6 nitrogen and oxygen atoms in total. The van der Waals surface area contributed by atoms with Gasteiger partial charge >= 0.3 is 5.97 Å². The predicted octanol–water partition coefficient (Wildman–Crippen LogP) is 5.14. The zero-order valence-corrected chi connectivity index (χ0v) is 23.3. The Morgan fingerprint density at radius 2 is 1.79 bits per heavy atom. The largest absolute Gasteiger partial charge is 0.488 e. The Labute approximate surface area is 232 Å². The zero-order chi connectivity index (χ0) is 26.6. The molecule has 0 amide bonds. The van der Waals surface area contributed by atoms with Gasteiger partial charge in [0.05, 0.1) is 32.9 Å². The summed E-state index contributed by atoms with van der Waals surface area (Å²) in [5.74, 6) is 0.248. The Morgan fingerprint density at radius 3 is 2.47 bits per heavy atom. The predicted molar refractivity (Wildman–Crippen MR) is 152 cm³/mol. The van der Waals surface area contributed by atoms with Gasteiger partial charge in [0.15, 0.2) is 4.80 Å². The van der Waals surface area contributed by atoms with Gasteiger partial charge in [-0.1, -0.05) is 78.1 Å². The average Bonchev–Trinajstić information content (AvgIpc) is 3.22. The molecule has 0 aliphatic carbocycles. The van der Waals surface area contributed by atoms with Crippen LogP contribution in [0.15, 0.2) is 104 Å². The number of aromatic nitrogens is 1. The molecule has 5 rings (SSSR count). The quantitative estimate of drug-likeness (QED) is 0.280. The number of halogens is 1. The van der Waals surface area contributed by atoms with E-state index in [0.29, 0.717) is 33.0 Å². The number of ether oxygens (including phenoxy) is 2. The summed E-state index contributed by atoms with van der Waals surface area (Å²) < 4.78 is 14.2. The molecule has 38 heavy (non-hydrogen) atoms. The fourth-order valence-electron chi connectivity index (χ4n) is 4.35. The fourth-order valence-corrected chi connectivity index (χ4v) is 5.91. The molecule has 1 unspecified atom stereocenters. The highest BCUT2D eigenvalue weighted by Crippen LogP contribution is 2.31. The number of allylic oxidation sites excluding steroid dienone is 1. The molecular weight excluding hydrogens is 564 g/mol. The summed E-state index contributed by atoms with van der Waals surface area (Å²) in [5, 5.41) is 0. The van der Waals surface area contributed by atoms with Gasteiger partial charge in [-0.2, -0.15) is 0 Å². The first-order chi connectivity index (χ1) is 18.5. The van der Waals surface area contributed by atoms with Gasteiger partial charge in [0.1, 0.15) is 12.4 Å². The van der Waals surface area contributed by atoms with Crippen molar-refractivity contribution in [3.05, 3.63) is 131 Å². The van der Waals surface area contributed by atoms with E-state index in [0.717, 1.165) is 21.2 Å². The first-order valence-corrected chi connectivity index (χ1v) is 13.8. The van der Waals surface area contributed by atoms with Crippen molar-refractivity contribution in [1.29, 1.82) is 0 Å². The molecule has 2 heterocycles. The molecule has 1 aliphatic rings. The highest BCUT2D eigenvalue weighted by atomic mass is 79.9. The number of thiazole rings is 1. The summed E-state index contributed by atoms with van der Waals surface area (Å²) in [4.78, 5) is 31.8. The topological polar surface area (TPSA) is 69.9 Å². The molecule has 1 aliphatic heterocycles. The van der Waals surface area contributed by atoms with Crippen LogP contribution in [-0.2, 0) is 16.1 Å². The van der Waals surface area contributed by atoms with Gasteiger partial charge in [-0.05, 0) is 64.7 Å². The molecule has 3 aromatic carbocycles. The monoisotopic (exact) mass is 588 g/mol. The molecule has 8 heteroatoms. The van der Waals surface area contributed by atoms with E-state index in [-0.39, 0.29) is 12.2 Å². The van der Waals surface area contributed by atoms with Crippen LogP contribution in [0.5, 0.6) is 5.75 Å². The third-order valence-electron chi connectivity index (χ3n) is 6.12. The Morgan fingerprint density at radius 1 is 1.08 bits per heavy atom. The molecule has 0 spiro atoms. The lowest BCUT2D eigenvalue weighted by Gasteiger charge is -2.24. The number of hydrogen-bond acceptors (Lipinski definition) is 6. The number of benzene rings is 3. The number of hydrogen-bond donors (Lipinski definition) is 0. The van der Waals surface area contributed by atoms with Crippen molar-refractivity contribution >= 4 is 39.3 Å². The van der Waals surface area contributed by atoms with E-state index in [1.807, 2.05) is 84.9 Å². The van der Waals surface area contributed by atoms with Crippen molar-refractivity contribution in [1.82, 2.24) is 4.57 Å². The summed E-state index contributed by atoms with van der Waals surface area (Å²) in [5.41, 5.74) is 3.45. The van der Waals surface area contributed by atoms with E-state index in [1.165, 1.54) is 11.3 Å². The minimum absolute atomic E-state index is 0.211. The van der Waals surface area contributed by atoms with E-state index in [2.05, 4.69) is 20.9 Å². The van der Waals surface area contributed by atoms with E-state index in [1.54, 1.807) is 18.4 Å². The summed E-state index contributed by atoms with van der Waals surface area (Å²) in [6.07, 6.45) is 1.83. The second kappa shape index (κ2) is 11.3. The molecule has 0 N–H and O–H groups in total. The fraction of sp³-hybridized carbons (Fsp3) is 0.167. The summed E-state index contributed by atoms with van der Waals surface area (Å²) in [7, 11) is 0. The van der Waals surface area contributed by atoms with Gasteiger partial charge in [-0.3, -0.25) is 9.36 Å². The van der Waals surface area contributed by atoms with Crippen molar-refractivity contribution in [2.45, 2.75) is 26.5 Å². The summed E-state index contributed by atoms with van der Waals surface area (Å²) in [6, 6.07) is 24.5. The molecule has 0 bridgehead atoms. The van der Waals surface area contributed by atoms with E-state index >= 15 is 0 Å². The summed E-state index contributed by atoms with van der Waals surface area (Å²) in [6.45, 7) is 4.24. The summed E-state index contributed by atoms with van der Waals surface area (Å²) >= 11 is 4.89. The van der Waals surface area contributed by atoms with Crippen LogP contribution in [0, 0.1) is 0 Å². The maximum absolute atomic E-state index is 13.7. The van der Waals surface area contributed by atoms with Crippen molar-refractivity contribution < 1.29 is 14.3 Å². The minimum Gasteiger partial charge on any atom is -0.488 e. The average molecular weight is 590 g/mol. The minimum atomic E-state index is -0.617. The molecule has 1 aromatic heterocycles. The number of nitrogens with zero attached hydrogens (tertiary/aromatic N) is 2. The second-order valence-corrected chi connectivity index (χ2v) is 10.5. The number of carbonyl (C=O) groups excluding carboxylic acids is 1. The maximum Gasteiger partial charge on any atom is 0.338 e. The van der Waals surface area contributed by atoms with Gasteiger partial charge < -0.3 is 9.47 Å². The molecule has 0 fully saturated rings. The Kier molecular flexibility index (Phi) is 7.72. The van der Waals surface area contributed by atoms with Crippen LogP contribution in [0.3, 0.4) is 0 Å². The lowest BCUT2D eigenvalue weighted by Crippen LogP contribution is -2.39. The molecule has 0 saturated carbocycles. The molecule has 1 atom stereocenters. The van der Waals surface area contributed by atoms with Crippen LogP contribution in [0.25, 0.3) is 6.08 Å². The van der Waals surface area contributed by atoms with Crippen molar-refractivity contribution in [3.63, 3.8) is 0 Å². The zero-order valence-electron chi connectivity index (χ0n) is 20.9. The SMILES string of the molecule is CCOC(=O)C1=C(C)N=c2sc(=Cc3ccc(OCc4ccccc4)c(Br)c3)c(=O)n2C1c1ccccc1. The van der Waals surface area contributed by atoms with Crippen LogP contribution in [0.4, 0.5) is 0 Å². The van der Waals surface area contributed by atoms with Gasteiger partial charge in [0.25, 0.3) is 5.56 Å². The highest BCUT2D eigenvalue weighted by molar-refractivity contribution is 9.10. The molecule has 0 radical (unpaired) electrons. The third kappa shape index (κ3) is 5.28. The lowest BCUT2D eigenvalue weighted by molar-refractivity contribution is -0.139. The number of esters is 1. The van der Waals surface area contributed by atoms with Gasteiger partial charge in [0, 0.05) is 0 Å². The first-order valence-electron chi connectivity index (χ1n) is 12.2. The Balaban J connectivity index is 1.53. The second-order valence-electron chi connectivity index (χ2n) is 8.68. The molecule has 4 aromatic rings. The van der Waals surface area contributed by atoms with Crippen molar-refractivity contribution in [2.75, 3.05) is 6.61 Å². The van der Waals surface area contributed by atoms with Crippen LogP contribution >= 0.6 is 27.3 Å². The molecule has 192 valence electrons. The van der Waals surface area contributed by atoms with Gasteiger partial charge in [-0.15, -0.1) is 0 Å². The van der Waals surface area contributed by atoms with Crippen molar-refractivity contribution in [3.8, 4) is 5.75 Å². The number of rotatable bonds is 7. The van der Waals surface area contributed by atoms with Crippen LogP contribution in [0.1, 0.15) is 36.6 Å². The molecule has 0 saturated heterocycles. The Bertz CT molecular complexity index is 1690. The molecular formula is C30H25BrN2O4S. The lowest BCUT2D eigenvalue weighted by atomic mass is 9.96. The number of carbonyl (C=O) groups is 1. The smallest absolute Gasteiger partial charge is 0.338 e. The van der Waals surface area contributed by atoms with Gasteiger partial charge in [-0.25, -0.2) is 9.79 Å². The van der Waals surface area contributed by atoms with Crippen molar-refractivity contribution in [2.24, 2.45) is 4.99 Å². The van der Waals surface area contributed by atoms with Crippen LogP contribution in [-0.4, -0.2) is 17.1 Å². The van der Waals surface area contributed by atoms with Crippen LogP contribution < -0.4 is 19.6 Å².